The van der Waals surface area contributed by atoms with Gasteiger partial charge in [0.15, 0.2) is 0 Å². The van der Waals surface area contributed by atoms with Crippen molar-refractivity contribution in [3.05, 3.63) is 12.4 Å². The maximum Gasteiger partial charge on any atom is 0.101 e. The minimum absolute atomic E-state index is 0.639. The Balaban J connectivity index is 2.09. The Hall–Kier alpha value is -0.660. The molecule has 0 saturated carbocycles. The van der Waals surface area contributed by atoms with E-state index in [2.05, 4.69) is 43.0 Å². The maximum atomic E-state index is 2.53. The molecule has 1 aliphatic rings. The van der Waals surface area contributed by atoms with Crippen LogP contribution in [0, 0.1) is 0 Å². The normalized spacial score (nSPS) is 18.2. The van der Waals surface area contributed by atoms with Crippen molar-refractivity contribution in [2.75, 3.05) is 13.1 Å². The van der Waals surface area contributed by atoms with E-state index in [1.165, 1.54) is 70.8 Å². The molecule has 0 aromatic heterocycles. The van der Waals surface area contributed by atoms with Gasteiger partial charge in [-0.25, -0.2) is 0 Å². The van der Waals surface area contributed by atoms with Gasteiger partial charge in [-0.2, -0.15) is 0 Å². The third-order valence-corrected chi connectivity index (χ3v) is 4.38. The van der Waals surface area contributed by atoms with Crippen LogP contribution in [-0.4, -0.2) is 29.1 Å². The van der Waals surface area contributed by atoms with Crippen molar-refractivity contribution >= 4 is 0 Å². The van der Waals surface area contributed by atoms with Crippen LogP contribution in [0.2, 0.25) is 0 Å². The zero-order valence-corrected chi connectivity index (χ0v) is 14.1. The fraction of sp³-hybridized carbons (Fsp3) is 0.889. The summed E-state index contributed by atoms with van der Waals surface area (Å²) >= 11 is 0. The molecule has 0 bridgehead atoms. The Morgan fingerprint density at radius 2 is 1.30 bits per heavy atom. The number of rotatable bonds is 12. The highest BCUT2D eigenvalue weighted by Crippen LogP contribution is 2.21. The molecule has 0 N–H and O–H groups in total. The average molecular weight is 281 g/mol. The summed E-state index contributed by atoms with van der Waals surface area (Å²) in [5, 5.41) is 0. The summed E-state index contributed by atoms with van der Waals surface area (Å²) in [5.74, 6) is 0. The molecule has 0 aliphatic carbocycles. The summed E-state index contributed by atoms with van der Waals surface area (Å²) in [6.45, 7) is 9.17. The fourth-order valence-electron chi connectivity index (χ4n) is 3.15. The molecule has 118 valence electrons. The number of hydrogen-bond acceptors (Lipinski definition) is 2. The van der Waals surface area contributed by atoms with Crippen LogP contribution in [0.3, 0.4) is 0 Å². The van der Waals surface area contributed by atoms with Crippen molar-refractivity contribution in [3.8, 4) is 0 Å². The van der Waals surface area contributed by atoms with Crippen LogP contribution < -0.4 is 0 Å². The highest BCUT2D eigenvalue weighted by atomic mass is 15.4. The van der Waals surface area contributed by atoms with Crippen molar-refractivity contribution in [2.45, 2.75) is 91.1 Å². The van der Waals surface area contributed by atoms with Crippen LogP contribution in [0.15, 0.2) is 12.4 Å². The van der Waals surface area contributed by atoms with E-state index in [0.29, 0.717) is 6.17 Å². The summed E-state index contributed by atoms with van der Waals surface area (Å²) in [7, 11) is 0. The van der Waals surface area contributed by atoms with Crippen molar-refractivity contribution in [1.29, 1.82) is 0 Å². The highest BCUT2D eigenvalue weighted by Gasteiger charge is 2.23. The van der Waals surface area contributed by atoms with Crippen LogP contribution in [0.4, 0.5) is 0 Å². The molecule has 0 saturated heterocycles. The molecule has 1 atom stereocenters. The molecule has 2 heteroatoms. The topological polar surface area (TPSA) is 6.48 Å². The highest BCUT2D eigenvalue weighted by molar-refractivity contribution is 4.96. The maximum absolute atomic E-state index is 2.53. The minimum atomic E-state index is 0.639. The zero-order chi connectivity index (χ0) is 14.6. The quantitative estimate of drug-likeness (QED) is 0.444. The first-order valence-corrected chi connectivity index (χ1v) is 9.03. The van der Waals surface area contributed by atoms with E-state index in [-0.39, 0.29) is 0 Å². The smallest absolute Gasteiger partial charge is 0.101 e. The van der Waals surface area contributed by atoms with Crippen molar-refractivity contribution in [2.24, 2.45) is 0 Å². The van der Waals surface area contributed by atoms with Crippen LogP contribution in [0.5, 0.6) is 0 Å². The molecule has 0 aromatic rings. The van der Waals surface area contributed by atoms with E-state index < -0.39 is 0 Å². The molecule has 0 radical (unpaired) electrons. The first-order valence-electron chi connectivity index (χ1n) is 9.03. The second kappa shape index (κ2) is 11.0. The molecule has 0 spiro atoms. The van der Waals surface area contributed by atoms with E-state index in [1.54, 1.807) is 0 Å². The molecule has 1 unspecified atom stereocenters. The van der Waals surface area contributed by atoms with Gasteiger partial charge in [0, 0.05) is 25.5 Å². The third kappa shape index (κ3) is 6.19. The van der Waals surface area contributed by atoms with E-state index in [9.17, 15) is 0 Å². The minimum Gasteiger partial charge on any atom is -0.356 e. The van der Waals surface area contributed by atoms with Gasteiger partial charge in [0.25, 0.3) is 0 Å². The Morgan fingerprint density at radius 3 is 1.90 bits per heavy atom. The number of hydrogen-bond donors (Lipinski definition) is 0. The molecular formula is C18H36N2. The standard InChI is InChI=1S/C18H36N2/c1-4-7-8-9-10-11-12-13-14-18-19(6-3)16-17-20(18)15-5-2/h16-18H,4-15H2,1-3H3. The second-order valence-electron chi connectivity index (χ2n) is 6.11. The predicted octanol–water partition coefficient (Wildman–Crippen LogP) is 5.36. The molecule has 2 nitrogen and oxygen atoms in total. The molecular weight excluding hydrogens is 244 g/mol. The van der Waals surface area contributed by atoms with E-state index in [0.717, 1.165) is 6.54 Å². The summed E-state index contributed by atoms with van der Waals surface area (Å²) in [4.78, 5) is 5.03. The lowest BCUT2D eigenvalue weighted by atomic mass is 10.1. The lowest BCUT2D eigenvalue weighted by molar-refractivity contribution is 0.144. The van der Waals surface area contributed by atoms with Gasteiger partial charge < -0.3 is 9.80 Å². The van der Waals surface area contributed by atoms with Gasteiger partial charge in [0.05, 0.1) is 0 Å². The van der Waals surface area contributed by atoms with Gasteiger partial charge in [0.1, 0.15) is 6.17 Å². The molecule has 0 fully saturated rings. The summed E-state index contributed by atoms with van der Waals surface area (Å²) in [6, 6.07) is 0. The Morgan fingerprint density at radius 1 is 0.700 bits per heavy atom. The van der Waals surface area contributed by atoms with Gasteiger partial charge in [-0.1, -0.05) is 58.8 Å². The third-order valence-electron chi connectivity index (χ3n) is 4.38. The van der Waals surface area contributed by atoms with E-state index >= 15 is 0 Å². The second-order valence-corrected chi connectivity index (χ2v) is 6.11. The zero-order valence-electron chi connectivity index (χ0n) is 14.1. The predicted molar refractivity (Wildman–Crippen MR) is 89.5 cm³/mol. The summed E-state index contributed by atoms with van der Waals surface area (Å²) in [5.41, 5.74) is 0. The first-order chi connectivity index (χ1) is 9.83. The average Bonchev–Trinajstić information content (AvgIpc) is 2.84. The summed E-state index contributed by atoms with van der Waals surface area (Å²) < 4.78 is 0. The van der Waals surface area contributed by atoms with Crippen molar-refractivity contribution < 1.29 is 0 Å². The molecule has 20 heavy (non-hydrogen) atoms. The summed E-state index contributed by atoms with van der Waals surface area (Å²) in [6.07, 6.45) is 19.1. The van der Waals surface area contributed by atoms with Gasteiger partial charge in [-0.3, -0.25) is 0 Å². The van der Waals surface area contributed by atoms with Crippen molar-refractivity contribution in [3.63, 3.8) is 0 Å². The monoisotopic (exact) mass is 280 g/mol. The number of unbranched alkanes of at least 4 members (excludes halogenated alkanes) is 7. The van der Waals surface area contributed by atoms with Crippen molar-refractivity contribution in [1.82, 2.24) is 9.80 Å². The molecule has 1 heterocycles. The SMILES string of the molecule is CCCCCCCCCCC1N(CC)C=CN1CCC. The molecule has 0 amide bonds. The van der Waals surface area contributed by atoms with E-state index in [4.69, 9.17) is 0 Å². The van der Waals surface area contributed by atoms with E-state index in [1.807, 2.05) is 0 Å². The lowest BCUT2D eigenvalue weighted by Gasteiger charge is -2.32. The fourth-order valence-corrected chi connectivity index (χ4v) is 3.15. The van der Waals surface area contributed by atoms with Crippen LogP contribution >= 0.6 is 0 Å². The largest absolute Gasteiger partial charge is 0.356 e. The molecule has 1 rings (SSSR count). The lowest BCUT2D eigenvalue weighted by Crippen LogP contribution is -2.38. The molecule has 1 aliphatic heterocycles. The Bertz CT molecular complexity index is 250. The Kier molecular flexibility index (Phi) is 9.61. The molecule has 0 aromatic carbocycles. The van der Waals surface area contributed by atoms with Gasteiger partial charge in [-0.15, -0.1) is 0 Å². The van der Waals surface area contributed by atoms with Gasteiger partial charge in [0.2, 0.25) is 0 Å². The first kappa shape index (κ1) is 17.4. The van der Waals surface area contributed by atoms with Crippen LogP contribution in [-0.2, 0) is 0 Å². The number of nitrogens with zero attached hydrogens (tertiary/aromatic N) is 2. The van der Waals surface area contributed by atoms with Crippen LogP contribution in [0.1, 0.15) is 85.0 Å². The van der Waals surface area contributed by atoms with Crippen LogP contribution in [0.25, 0.3) is 0 Å². The van der Waals surface area contributed by atoms with Gasteiger partial charge >= 0.3 is 0 Å². The van der Waals surface area contributed by atoms with Gasteiger partial charge in [-0.05, 0) is 26.2 Å². The Labute approximate surface area is 127 Å².